The predicted molar refractivity (Wildman–Crippen MR) is 105 cm³/mol. The minimum absolute atomic E-state index is 0.219. The van der Waals surface area contributed by atoms with E-state index in [1.807, 2.05) is 6.92 Å². The molecule has 1 aliphatic heterocycles. The molecule has 142 valence electrons. The van der Waals surface area contributed by atoms with Crippen LogP contribution in [-0.4, -0.2) is 39.6 Å². The van der Waals surface area contributed by atoms with Crippen LogP contribution >= 0.6 is 11.3 Å². The fraction of sp³-hybridized carbons (Fsp3) is 0.474. The number of nitrogens with one attached hydrogen (secondary N) is 1. The van der Waals surface area contributed by atoms with Gasteiger partial charge in [-0.15, -0.1) is 0 Å². The molecule has 0 spiro atoms. The van der Waals surface area contributed by atoms with E-state index in [4.69, 9.17) is 4.74 Å². The summed E-state index contributed by atoms with van der Waals surface area (Å²) in [6.07, 6.45) is 2.03. The molecule has 1 aromatic carbocycles. The minimum Gasteiger partial charge on any atom is -0.492 e. The average Bonchev–Trinajstić information content (AvgIpc) is 3.15. The highest BCUT2D eigenvalue weighted by Gasteiger charge is 2.23. The Morgan fingerprint density at radius 2 is 2.00 bits per heavy atom. The fourth-order valence-electron chi connectivity index (χ4n) is 3.24. The van der Waals surface area contributed by atoms with Crippen LogP contribution in [0.5, 0.6) is 5.75 Å². The summed E-state index contributed by atoms with van der Waals surface area (Å²) in [6.45, 7) is 5.78. The van der Waals surface area contributed by atoms with Crippen molar-refractivity contribution in [2.24, 2.45) is 5.92 Å². The first-order valence-electron chi connectivity index (χ1n) is 9.03. The van der Waals surface area contributed by atoms with Gasteiger partial charge in [-0.05, 0) is 73.3 Å². The van der Waals surface area contributed by atoms with Crippen molar-refractivity contribution in [2.45, 2.75) is 31.2 Å². The van der Waals surface area contributed by atoms with Crippen LogP contribution in [0.2, 0.25) is 0 Å². The molecular weight excluding hydrogens is 368 g/mol. The summed E-state index contributed by atoms with van der Waals surface area (Å²) in [7, 11) is -3.55. The van der Waals surface area contributed by atoms with Crippen LogP contribution in [0.25, 0.3) is 0 Å². The third kappa shape index (κ3) is 5.07. The van der Waals surface area contributed by atoms with Gasteiger partial charge >= 0.3 is 0 Å². The zero-order valence-corrected chi connectivity index (χ0v) is 16.7. The van der Waals surface area contributed by atoms with Gasteiger partial charge in [-0.25, -0.2) is 13.1 Å². The molecule has 0 bridgehead atoms. The van der Waals surface area contributed by atoms with Gasteiger partial charge in [0.25, 0.3) is 0 Å². The summed E-state index contributed by atoms with van der Waals surface area (Å²) in [5.74, 6) is 0.788. The predicted octanol–water partition coefficient (Wildman–Crippen LogP) is 3.34. The molecule has 1 aromatic heterocycles. The molecule has 0 amide bonds. The molecule has 0 atom stereocenters. The van der Waals surface area contributed by atoms with E-state index in [0.29, 0.717) is 24.8 Å². The topological polar surface area (TPSA) is 58.6 Å². The highest BCUT2D eigenvalue weighted by Crippen LogP contribution is 2.24. The van der Waals surface area contributed by atoms with Crippen LogP contribution in [0, 0.1) is 5.92 Å². The van der Waals surface area contributed by atoms with E-state index in [-0.39, 0.29) is 4.90 Å². The standard InChI is InChI=1S/C19H26N2O3S2/c1-2-24-18-5-3-4-6-19(18)26(22,23)20-13-16-7-10-21(11-8-16)14-17-9-12-25-15-17/h3-6,9,12,15-16,20H,2,7-8,10-11,13-14H2,1H3. The average molecular weight is 395 g/mol. The molecule has 1 aliphatic rings. The monoisotopic (exact) mass is 394 g/mol. The lowest BCUT2D eigenvalue weighted by molar-refractivity contribution is 0.178. The number of nitrogens with zero attached hydrogens (tertiary/aromatic N) is 1. The molecule has 0 unspecified atom stereocenters. The van der Waals surface area contributed by atoms with E-state index in [1.165, 1.54) is 5.56 Å². The second-order valence-electron chi connectivity index (χ2n) is 6.58. The van der Waals surface area contributed by atoms with E-state index in [2.05, 4.69) is 26.4 Å². The first-order valence-corrected chi connectivity index (χ1v) is 11.5. The van der Waals surface area contributed by atoms with E-state index >= 15 is 0 Å². The smallest absolute Gasteiger partial charge is 0.244 e. The van der Waals surface area contributed by atoms with Gasteiger partial charge in [0.1, 0.15) is 10.6 Å². The van der Waals surface area contributed by atoms with E-state index < -0.39 is 10.0 Å². The summed E-state index contributed by atoms with van der Waals surface area (Å²) in [6, 6.07) is 8.96. The lowest BCUT2D eigenvalue weighted by atomic mass is 9.97. The maximum atomic E-state index is 12.6. The molecule has 1 N–H and O–H groups in total. The molecule has 1 saturated heterocycles. The summed E-state index contributed by atoms with van der Waals surface area (Å²) in [4.78, 5) is 2.66. The van der Waals surface area contributed by atoms with Crippen molar-refractivity contribution in [1.29, 1.82) is 0 Å². The second-order valence-corrected chi connectivity index (χ2v) is 9.10. The molecule has 0 saturated carbocycles. The van der Waals surface area contributed by atoms with Crippen LogP contribution < -0.4 is 9.46 Å². The van der Waals surface area contributed by atoms with Crippen molar-refractivity contribution < 1.29 is 13.2 Å². The summed E-state index contributed by atoms with van der Waals surface area (Å²) in [5, 5.41) is 4.30. The number of ether oxygens (including phenoxy) is 1. The van der Waals surface area contributed by atoms with Crippen molar-refractivity contribution >= 4 is 21.4 Å². The summed E-state index contributed by atoms with van der Waals surface area (Å²) >= 11 is 1.73. The highest BCUT2D eigenvalue weighted by molar-refractivity contribution is 7.89. The van der Waals surface area contributed by atoms with Crippen molar-refractivity contribution in [2.75, 3.05) is 26.2 Å². The molecule has 7 heteroatoms. The summed E-state index contributed by atoms with van der Waals surface area (Å²) < 4.78 is 33.5. The molecule has 2 heterocycles. The Morgan fingerprint density at radius 1 is 1.23 bits per heavy atom. The van der Waals surface area contributed by atoms with Crippen LogP contribution in [-0.2, 0) is 16.6 Å². The minimum atomic E-state index is -3.55. The fourth-order valence-corrected chi connectivity index (χ4v) is 5.16. The Labute approximate surface area is 160 Å². The maximum Gasteiger partial charge on any atom is 0.244 e. The number of rotatable bonds is 8. The number of piperidine rings is 1. The Bertz CT molecular complexity index is 783. The Hall–Kier alpha value is -1.41. The SMILES string of the molecule is CCOc1ccccc1S(=O)(=O)NCC1CCN(Cc2ccsc2)CC1. The molecule has 3 rings (SSSR count). The van der Waals surface area contributed by atoms with Crippen LogP contribution in [0.4, 0.5) is 0 Å². The van der Waals surface area contributed by atoms with Gasteiger partial charge in [0.05, 0.1) is 6.61 Å². The Morgan fingerprint density at radius 3 is 2.69 bits per heavy atom. The Balaban J connectivity index is 1.51. The number of thiophene rings is 1. The largest absolute Gasteiger partial charge is 0.492 e. The zero-order valence-electron chi connectivity index (χ0n) is 15.1. The van der Waals surface area contributed by atoms with Crippen LogP contribution in [0.3, 0.4) is 0 Å². The highest BCUT2D eigenvalue weighted by atomic mass is 32.2. The molecule has 0 aliphatic carbocycles. The number of hydrogen-bond donors (Lipinski definition) is 1. The third-order valence-electron chi connectivity index (χ3n) is 4.69. The number of hydrogen-bond acceptors (Lipinski definition) is 5. The number of sulfonamides is 1. The van der Waals surface area contributed by atoms with Gasteiger partial charge in [-0.3, -0.25) is 4.90 Å². The van der Waals surface area contributed by atoms with Crippen molar-refractivity contribution in [3.63, 3.8) is 0 Å². The summed E-state index contributed by atoms with van der Waals surface area (Å²) in [5.41, 5.74) is 1.36. The van der Waals surface area contributed by atoms with Gasteiger partial charge in [0.2, 0.25) is 10.0 Å². The first-order chi connectivity index (χ1) is 12.6. The molecule has 5 nitrogen and oxygen atoms in total. The molecule has 1 fully saturated rings. The normalized spacial score (nSPS) is 16.7. The molecular formula is C19H26N2O3S2. The van der Waals surface area contributed by atoms with E-state index in [9.17, 15) is 8.42 Å². The second kappa shape index (κ2) is 8.99. The van der Waals surface area contributed by atoms with Gasteiger partial charge in [-0.1, -0.05) is 12.1 Å². The van der Waals surface area contributed by atoms with Gasteiger partial charge in [0, 0.05) is 13.1 Å². The van der Waals surface area contributed by atoms with E-state index in [1.54, 1.807) is 35.6 Å². The number of likely N-dealkylation sites (tertiary alicyclic amines) is 1. The van der Waals surface area contributed by atoms with Crippen LogP contribution in [0.1, 0.15) is 25.3 Å². The zero-order chi connectivity index (χ0) is 18.4. The van der Waals surface area contributed by atoms with Gasteiger partial charge < -0.3 is 4.74 Å². The van der Waals surface area contributed by atoms with Gasteiger partial charge in [0.15, 0.2) is 0 Å². The number of para-hydroxylation sites is 1. The van der Waals surface area contributed by atoms with Crippen molar-refractivity contribution in [3.05, 3.63) is 46.7 Å². The molecule has 2 aromatic rings. The molecule has 26 heavy (non-hydrogen) atoms. The van der Waals surface area contributed by atoms with Crippen molar-refractivity contribution in [1.82, 2.24) is 9.62 Å². The number of benzene rings is 1. The lowest BCUT2D eigenvalue weighted by Crippen LogP contribution is -2.38. The van der Waals surface area contributed by atoms with Crippen molar-refractivity contribution in [3.8, 4) is 5.75 Å². The quantitative estimate of drug-likeness (QED) is 0.746. The first kappa shape index (κ1) is 19.4. The van der Waals surface area contributed by atoms with Gasteiger partial charge in [-0.2, -0.15) is 11.3 Å². The third-order valence-corrected chi connectivity index (χ3v) is 6.89. The maximum absolute atomic E-state index is 12.6. The van der Waals surface area contributed by atoms with E-state index in [0.717, 1.165) is 32.5 Å². The van der Waals surface area contributed by atoms with Crippen LogP contribution in [0.15, 0.2) is 46.0 Å². The molecule has 0 radical (unpaired) electrons. The Kier molecular flexibility index (Phi) is 6.69. The lowest BCUT2D eigenvalue weighted by Gasteiger charge is -2.31.